The van der Waals surface area contributed by atoms with Gasteiger partial charge in [-0.1, -0.05) is 5.21 Å². The first-order chi connectivity index (χ1) is 11.4. The number of aliphatic hydroxyl groups is 1. The lowest BCUT2D eigenvalue weighted by Crippen LogP contribution is -2.31. The zero-order valence-corrected chi connectivity index (χ0v) is 13.8. The second kappa shape index (κ2) is 6.30. The van der Waals surface area contributed by atoms with Crippen LogP contribution in [-0.2, 0) is 12.1 Å². The molecule has 24 heavy (non-hydrogen) atoms. The maximum Gasteiger partial charge on any atom is 0.124 e. The van der Waals surface area contributed by atoms with Crippen molar-refractivity contribution in [3.8, 4) is 6.07 Å². The van der Waals surface area contributed by atoms with Gasteiger partial charge in [0.2, 0.25) is 0 Å². The molecule has 1 aromatic heterocycles. The molecule has 1 aliphatic rings. The normalized spacial score (nSPS) is 21.3. The summed E-state index contributed by atoms with van der Waals surface area (Å²) in [7, 11) is 0. The van der Waals surface area contributed by atoms with Gasteiger partial charge in [-0.25, -0.2) is 9.07 Å². The zero-order chi connectivity index (χ0) is 17.3. The molecule has 1 aliphatic heterocycles. The van der Waals surface area contributed by atoms with Crippen LogP contribution in [0.15, 0.2) is 24.4 Å². The summed E-state index contributed by atoms with van der Waals surface area (Å²) in [5.41, 5.74) is 0.580. The fraction of sp³-hybridized carbons (Fsp3) is 0.471. The maximum absolute atomic E-state index is 13.5. The highest BCUT2D eigenvalue weighted by Crippen LogP contribution is 2.32. The first-order valence-corrected chi connectivity index (χ1v) is 7.97. The molecule has 0 bridgehead atoms. The van der Waals surface area contributed by atoms with E-state index in [1.807, 2.05) is 18.7 Å². The molecule has 0 spiro atoms. The van der Waals surface area contributed by atoms with Gasteiger partial charge in [0, 0.05) is 25.7 Å². The van der Waals surface area contributed by atoms with Crippen LogP contribution in [0.5, 0.6) is 0 Å². The van der Waals surface area contributed by atoms with Gasteiger partial charge in [0.1, 0.15) is 17.1 Å². The second-order valence-corrected chi connectivity index (χ2v) is 6.58. The largest absolute Gasteiger partial charge is 0.382 e. The van der Waals surface area contributed by atoms with Gasteiger partial charge in [-0.05, 0) is 44.0 Å². The lowest BCUT2D eigenvalue weighted by molar-refractivity contribution is 0.0408. The van der Waals surface area contributed by atoms with E-state index in [2.05, 4.69) is 16.4 Å². The van der Waals surface area contributed by atoms with Crippen molar-refractivity contribution in [2.45, 2.75) is 38.5 Å². The Morgan fingerprint density at radius 3 is 2.92 bits per heavy atom. The van der Waals surface area contributed by atoms with Crippen molar-refractivity contribution >= 4 is 0 Å². The fourth-order valence-electron chi connectivity index (χ4n) is 3.00. The van der Waals surface area contributed by atoms with Gasteiger partial charge in [0.25, 0.3) is 0 Å². The Morgan fingerprint density at radius 2 is 2.25 bits per heavy atom. The minimum atomic E-state index is -1.06. The molecule has 0 unspecified atom stereocenters. The van der Waals surface area contributed by atoms with Gasteiger partial charge in [0.15, 0.2) is 0 Å². The van der Waals surface area contributed by atoms with Crippen molar-refractivity contribution in [1.29, 1.82) is 5.26 Å². The number of aromatic nitrogens is 3. The molecule has 0 saturated carbocycles. The molecule has 7 heteroatoms. The average molecular weight is 329 g/mol. The summed E-state index contributed by atoms with van der Waals surface area (Å²) < 4.78 is 15.2. The van der Waals surface area contributed by atoms with Crippen LogP contribution in [-0.4, -0.2) is 38.1 Å². The molecule has 6 nitrogen and oxygen atoms in total. The molecule has 1 aromatic carbocycles. The topological polar surface area (TPSA) is 78.0 Å². The van der Waals surface area contributed by atoms with E-state index in [0.29, 0.717) is 42.9 Å². The SMILES string of the molecule is CC(C)n1cc([C@]2(O)CCN(Cc3cc(F)ccc3C#N)C2)nn1. The number of nitrogens with zero attached hydrogens (tertiary/aromatic N) is 5. The fourth-order valence-corrected chi connectivity index (χ4v) is 3.00. The molecule has 1 saturated heterocycles. The van der Waals surface area contributed by atoms with Gasteiger partial charge in [0.05, 0.1) is 17.8 Å². The third kappa shape index (κ3) is 3.16. The molecule has 3 rings (SSSR count). The van der Waals surface area contributed by atoms with E-state index in [9.17, 15) is 9.50 Å². The Balaban J connectivity index is 1.75. The van der Waals surface area contributed by atoms with Crippen molar-refractivity contribution in [3.05, 3.63) is 47.0 Å². The molecule has 0 amide bonds. The number of hydrogen-bond acceptors (Lipinski definition) is 5. The summed E-state index contributed by atoms with van der Waals surface area (Å²) in [5, 5.41) is 28.2. The third-order valence-corrected chi connectivity index (χ3v) is 4.42. The second-order valence-electron chi connectivity index (χ2n) is 6.58. The predicted octanol–water partition coefficient (Wildman–Crippen LogP) is 1.96. The first-order valence-electron chi connectivity index (χ1n) is 7.97. The van der Waals surface area contributed by atoms with Gasteiger partial charge >= 0.3 is 0 Å². The summed E-state index contributed by atoms with van der Waals surface area (Å²) in [6.07, 6.45) is 2.30. The van der Waals surface area contributed by atoms with Gasteiger partial charge in [-0.2, -0.15) is 5.26 Å². The predicted molar refractivity (Wildman–Crippen MR) is 85.3 cm³/mol. The molecule has 2 aromatic rings. The molecule has 1 atom stereocenters. The number of likely N-dealkylation sites (tertiary alicyclic amines) is 1. The van der Waals surface area contributed by atoms with Gasteiger partial charge in [-0.15, -0.1) is 5.10 Å². The minimum absolute atomic E-state index is 0.179. The average Bonchev–Trinajstić information content (AvgIpc) is 3.16. The van der Waals surface area contributed by atoms with E-state index in [1.54, 1.807) is 10.9 Å². The lowest BCUT2D eigenvalue weighted by Gasteiger charge is -2.21. The smallest absolute Gasteiger partial charge is 0.124 e. The van der Waals surface area contributed by atoms with Crippen molar-refractivity contribution in [3.63, 3.8) is 0 Å². The summed E-state index contributed by atoms with van der Waals surface area (Å²) in [6.45, 7) is 5.44. The first kappa shape index (κ1) is 16.6. The summed E-state index contributed by atoms with van der Waals surface area (Å²) >= 11 is 0. The highest BCUT2D eigenvalue weighted by atomic mass is 19.1. The Morgan fingerprint density at radius 1 is 1.46 bits per heavy atom. The Kier molecular flexibility index (Phi) is 4.35. The standard InChI is InChI=1S/C17H20FN5O/c1-12(2)23-10-16(20-21-23)17(24)5-6-22(11-17)9-14-7-15(18)4-3-13(14)8-19/h3-4,7,10,12,24H,5-6,9,11H2,1-2H3/t17-/m0/s1. The Labute approximate surface area is 140 Å². The van der Waals surface area contributed by atoms with Crippen LogP contribution in [0, 0.1) is 17.1 Å². The summed E-state index contributed by atoms with van der Waals surface area (Å²) in [6, 6.07) is 6.41. The van der Waals surface area contributed by atoms with Crippen molar-refractivity contribution in [1.82, 2.24) is 19.9 Å². The molecular formula is C17H20FN5O. The van der Waals surface area contributed by atoms with Crippen molar-refractivity contribution in [2.75, 3.05) is 13.1 Å². The van der Waals surface area contributed by atoms with Crippen LogP contribution in [0.3, 0.4) is 0 Å². The van der Waals surface area contributed by atoms with E-state index < -0.39 is 5.60 Å². The van der Waals surface area contributed by atoms with E-state index in [1.165, 1.54) is 18.2 Å². The van der Waals surface area contributed by atoms with Crippen LogP contribution in [0.4, 0.5) is 4.39 Å². The van der Waals surface area contributed by atoms with Crippen LogP contribution < -0.4 is 0 Å². The highest BCUT2D eigenvalue weighted by molar-refractivity contribution is 5.37. The van der Waals surface area contributed by atoms with Crippen molar-refractivity contribution < 1.29 is 9.50 Å². The maximum atomic E-state index is 13.5. The number of rotatable bonds is 4. The van der Waals surface area contributed by atoms with Crippen LogP contribution in [0.2, 0.25) is 0 Å². The van der Waals surface area contributed by atoms with Crippen molar-refractivity contribution in [2.24, 2.45) is 0 Å². The zero-order valence-electron chi connectivity index (χ0n) is 13.8. The van der Waals surface area contributed by atoms with E-state index in [4.69, 9.17) is 5.26 Å². The van der Waals surface area contributed by atoms with Crippen LogP contribution in [0.25, 0.3) is 0 Å². The molecule has 0 aliphatic carbocycles. The summed E-state index contributed by atoms with van der Waals surface area (Å²) in [4.78, 5) is 2.00. The molecule has 0 radical (unpaired) electrons. The molecule has 2 heterocycles. The molecule has 1 fully saturated rings. The van der Waals surface area contributed by atoms with Gasteiger partial charge in [-0.3, -0.25) is 4.90 Å². The molecule has 126 valence electrons. The highest BCUT2D eigenvalue weighted by Gasteiger charge is 2.40. The molecule has 1 N–H and O–H groups in total. The Bertz CT molecular complexity index is 782. The quantitative estimate of drug-likeness (QED) is 0.928. The van der Waals surface area contributed by atoms with E-state index in [0.717, 1.165) is 0 Å². The minimum Gasteiger partial charge on any atom is -0.382 e. The van der Waals surface area contributed by atoms with Crippen LogP contribution >= 0.6 is 0 Å². The number of halogens is 1. The Hall–Kier alpha value is -2.30. The third-order valence-electron chi connectivity index (χ3n) is 4.42. The number of β-amino-alcohol motifs (C(OH)–C–C–N with tert-alkyl or cyclic N) is 1. The summed E-state index contributed by atoms with van der Waals surface area (Å²) in [5.74, 6) is -0.363. The number of benzene rings is 1. The monoisotopic (exact) mass is 329 g/mol. The molecular weight excluding hydrogens is 309 g/mol. The lowest BCUT2D eigenvalue weighted by atomic mass is 10.00. The number of hydrogen-bond donors (Lipinski definition) is 1. The van der Waals surface area contributed by atoms with Gasteiger partial charge < -0.3 is 5.11 Å². The number of nitriles is 1. The van der Waals surface area contributed by atoms with Crippen LogP contribution in [0.1, 0.15) is 43.1 Å². The van der Waals surface area contributed by atoms with E-state index >= 15 is 0 Å². The van der Waals surface area contributed by atoms with E-state index in [-0.39, 0.29) is 11.9 Å².